The van der Waals surface area contributed by atoms with Crippen LogP contribution in [0.15, 0.2) is 0 Å². The molecule has 3 rings (SSSR count). The summed E-state index contributed by atoms with van der Waals surface area (Å²) in [4.78, 5) is 14.8. The van der Waals surface area contributed by atoms with Gasteiger partial charge in [-0.1, -0.05) is 27.2 Å². The zero-order valence-electron chi connectivity index (χ0n) is 12.3. The number of nitrogens with zero attached hydrogens (tertiary/aromatic N) is 1. The van der Waals surface area contributed by atoms with Gasteiger partial charge in [0.15, 0.2) is 0 Å². The van der Waals surface area contributed by atoms with Crippen LogP contribution in [0.1, 0.15) is 52.9 Å². The number of fused-ring (bicyclic) bond motifs is 2. The molecule has 1 N–H and O–H groups in total. The molecule has 0 aromatic rings. The molecular formula is C15H26N2O2. The molecule has 4 nitrogen and oxygen atoms in total. The SMILES string of the molecule is CCCC1NC(C(C)C)N(C2CC3CCC2O3)C1=O. The summed E-state index contributed by atoms with van der Waals surface area (Å²) in [6.07, 6.45) is 6.23. The molecule has 0 spiro atoms. The zero-order chi connectivity index (χ0) is 13.6. The van der Waals surface area contributed by atoms with Crippen molar-refractivity contribution in [2.45, 2.75) is 83.3 Å². The number of ether oxygens (including phenoxy) is 1. The van der Waals surface area contributed by atoms with Gasteiger partial charge in [-0.25, -0.2) is 0 Å². The largest absolute Gasteiger partial charge is 0.373 e. The average molecular weight is 266 g/mol. The Hall–Kier alpha value is -0.610. The summed E-state index contributed by atoms with van der Waals surface area (Å²) in [6, 6.07) is 0.338. The fourth-order valence-corrected chi connectivity index (χ4v) is 3.96. The van der Waals surface area contributed by atoms with Crippen LogP contribution in [0.3, 0.4) is 0 Å². The average Bonchev–Trinajstić information content (AvgIpc) is 3.04. The van der Waals surface area contributed by atoms with E-state index in [2.05, 4.69) is 31.0 Å². The summed E-state index contributed by atoms with van der Waals surface area (Å²) in [7, 11) is 0. The van der Waals surface area contributed by atoms with E-state index in [1.165, 1.54) is 6.42 Å². The van der Waals surface area contributed by atoms with Crippen LogP contribution in [0.5, 0.6) is 0 Å². The third kappa shape index (κ3) is 2.19. The molecule has 0 aromatic heterocycles. The highest BCUT2D eigenvalue weighted by Crippen LogP contribution is 2.39. The summed E-state index contributed by atoms with van der Waals surface area (Å²) in [5, 5.41) is 3.55. The minimum atomic E-state index is 0.0246. The molecule has 0 saturated carbocycles. The van der Waals surface area contributed by atoms with E-state index in [-0.39, 0.29) is 18.3 Å². The van der Waals surface area contributed by atoms with Gasteiger partial charge in [0, 0.05) is 0 Å². The van der Waals surface area contributed by atoms with Crippen molar-refractivity contribution in [3.8, 4) is 0 Å². The van der Waals surface area contributed by atoms with Gasteiger partial charge in [0.2, 0.25) is 5.91 Å². The van der Waals surface area contributed by atoms with Crippen molar-refractivity contribution in [2.24, 2.45) is 5.92 Å². The Balaban J connectivity index is 1.78. The van der Waals surface area contributed by atoms with Crippen molar-refractivity contribution in [1.82, 2.24) is 10.2 Å². The van der Waals surface area contributed by atoms with Crippen LogP contribution in [0.4, 0.5) is 0 Å². The molecule has 3 saturated heterocycles. The first-order valence-electron chi connectivity index (χ1n) is 7.85. The number of amides is 1. The van der Waals surface area contributed by atoms with Crippen LogP contribution in [0, 0.1) is 5.92 Å². The number of carbonyl (C=O) groups is 1. The Bertz CT molecular complexity index is 358. The molecule has 0 radical (unpaired) electrons. The molecule has 3 aliphatic heterocycles. The number of hydrogen-bond acceptors (Lipinski definition) is 3. The van der Waals surface area contributed by atoms with Gasteiger partial charge in [0.25, 0.3) is 0 Å². The van der Waals surface area contributed by atoms with E-state index in [9.17, 15) is 4.79 Å². The van der Waals surface area contributed by atoms with E-state index in [0.29, 0.717) is 24.0 Å². The Morgan fingerprint density at radius 1 is 1.42 bits per heavy atom. The van der Waals surface area contributed by atoms with Crippen LogP contribution in [-0.2, 0) is 9.53 Å². The smallest absolute Gasteiger partial charge is 0.241 e. The Morgan fingerprint density at radius 2 is 2.21 bits per heavy atom. The minimum Gasteiger partial charge on any atom is -0.373 e. The number of nitrogens with one attached hydrogen (secondary N) is 1. The molecule has 5 unspecified atom stereocenters. The highest BCUT2D eigenvalue weighted by atomic mass is 16.5. The Morgan fingerprint density at radius 3 is 2.74 bits per heavy atom. The topological polar surface area (TPSA) is 41.6 Å². The molecule has 1 amide bonds. The van der Waals surface area contributed by atoms with Gasteiger partial charge < -0.3 is 9.64 Å². The van der Waals surface area contributed by atoms with Crippen LogP contribution >= 0.6 is 0 Å². The molecule has 2 bridgehead atoms. The lowest BCUT2D eigenvalue weighted by Crippen LogP contribution is -2.51. The van der Waals surface area contributed by atoms with Gasteiger partial charge in [0.05, 0.1) is 30.5 Å². The highest BCUT2D eigenvalue weighted by molar-refractivity contribution is 5.84. The molecule has 19 heavy (non-hydrogen) atoms. The first-order valence-corrected chi connectivity index (χ1v) is 7.85. The second-order valence-electron chi connectivity index (χ2n) is 6.62. The predicted octanol–water partition coefficient (Wildman–Crippen LogP) is 1.89. The van der Waals surface area contributed by atoms with Crippen LogP contribution in [0.2, 0.25) is 0 Å². The first kappa shape index (κ1) is 13.4. The van der Waals surface area contributed by atoms with Crippen molar-refractivity contribution in [2.75, 3.05) is 0 Å². The van der Waals surface area contributed by atoms with Crippen molar-refractivity contribution in [1.29, 1.82) is 0 Å². The lowest BCUT2D eigenvalue weighted by molar-refractivity contribution is -0.134. The Kier molecular flexibility index (Phi) is 3.56. The first-order chi connectivity index (χ1) is 9.11. The van der Waals surface area contributed by atoms with Gasteiger partial charge in [-0.05, 0) is 31.6 Å². The van der Waals surface area contributed by atoms with Crippen molar-refractivity contribution in [3.05, 3.63) is 0 Å². The number of rotatable bonds is 4. The normalized spacial score (nSPS) is 41.8. The molecule has 0 aliphatic carbocycles. The molecule has 108 valence electrons. The molecular weight excluding hydrogens is 240 g/mol. The standard InChI is InChI=1S/C15H26N2O2/c1-4-5-11-15(18)17(14(16-11)9(2)3)12-8-10-6-7-13(12)19-10/h9-14,16H,4-8H2,1-3H3. The maximum Gasteiger partial charge on any atom is 0.241 e. The van der Waals surface area contributed by atoms with E-state index in [0.717, 1.165) is 25.7 Å². The predicted molar refractivity (Wildman–Crippen MR) is 73.6 cm³/mol. The summed E-state index contributed by atoms with van der Waals surface area (Å²) >= 11 is 0. The summed E-state index contributed by atoms with van der Waals surface area (Å²) in [6.45, 7) is 6.53. The van der Waals surface area contributed by atoms with Crippen molar-refractivity contribution in [3.63, 3.8) is 0 Å². The van der Waals surface area contributed by atoms with Gasteiger partial charge in [-0.3, -0.25) is 10.1 Å². The zero-order valence-corrected chi connectivity index (χ0v) is 12.3. The van der Waals surface area contributed by atoms with E-state index < -0.39 is 0 Å². The molecule has 3 aliphatic rings. The maximum atomic E-state index is 12.7. The quantitative estimate of drug-likeness (QED) is 0.845. The monoisotopic (exact) mass is 266 g/mol. The number of carbonyl (C=O) groups excluding carboxylic acids is 1. The van der Waals surface area contributed by atoms with Gasteiger partial charge in [-0.15, -0.1) is 0 Å². The summed E-state index contributed by atoms with van der Waals surface area (Å²) < 4.78 is 5.95. The summed E-state index contributed by atoms with van der Waals surface area (Å²) in [5.74, 6) is 0.756. The fraction of sp³-hybridized carbons (Fsp3) is 0.933. The van der Waals surface area contributed by atoms with Gasteiger partial charge >= 0.3 is 0 Å². The molecule has 3 fully saturated rings. The van der Waals surface area contributed by atoms with Crippen molar-refractivity contribution < 1.29 is 9.53 Å². The van der Waals surface area contributed by atoms with Crippen LogP contribution in [-0.4, -0.2) is 41.3 Å². The third-order valence-corrected chi connectivity index (χ3v) is 4.86. The molecule has 5 atom stereocenters. The second-order valence-corrected chi connectivity index (χ2v) is 6.62. The molecule has 4 heteroatoms. The third-order valence-electron chi connectivity index (χ3n) is 4.86. The van der Waals surface area contributed by atoms with E-state index in [4.69, 9.17) is 4.74 Å². The van der Waals surface area contributed by atoms with E-state index in [1.807, 2.05) is 0 Å². The minimum absolute atomic E-state index is 0.0246. The highest BCUT2D eigenvalue weighted by Gasteiger charge is 2.51. The van der Waals surface area contributed by atoms with E-state index in [1.54, 1.807) is 0 Å². The molecule has 0 aromatic carbocycles. The fourth-order valence-electron chi connectivity index (χ4n) is 3.96. The van der Waals surface area contributed by atoms with Crippen LogP contribution in [0.25, 0.3) is 0 Å². The molecule has 3 heterocycles. The lowest BCUT2D eigenvalue weighted by atomic mass is 9.93. The summed E-state index contributed by atoms with van der Waals surface area (Å²) in [5.41, 5.74) is 0. The Labute approximate surface area is 115 Å². The van der Waals surface area contributed by atoms with Gasteiger partial charge in [-0.2, -0.15) is 0 Å². The second kappa shape index (κ2) is 5.06. The van der Waals surface area contributed by atoms with Crippen molar-refractivity contribution >= 4 is 5.91 Å². The van der Waals surface area contributed by atoms with Crippen LogP contribution < -0.4 is 5.32 Å². The van der Waals surface area contributed by atoms with E-state index >= 15 is 0 Å². The maximum absolute atomic E-state index is 12.7. The van der Waals surface area contributed by atoms with Gasteiger partial charge in [0.1, 0.15) is 0 Å². The number of hydrogen-bond donors (Lipinski definition) is 1. The lowest BCUT2D eigenvalue weighted by Gasteiger charge is -2.35.